The molecule has 1 N–H and O–H groups in total. The van der Waals surface area contributed by atoms with E-state index in [2.05, 4.69) is 9.97 Å². The van der Waals surface area contributed by atoms with Gasteiger partial charge in [0.15, 0.2) is 5.82 Å². The smallest absolute Gasteiger partial charge is 0.293 e. The summed E-state index contributed by atoms with van der Waals surface area (Å²) < 4.78 is 0. The highest BCUT2D eigenvalue weighted by Crippen LogP contribution is 2.30. The number of hydrogen-bond acceptors (Lipinski definition) is 7. The number of anilines is 1. The van der Waals surface area contributed by atoms with Crippen molar-refractivity contribution in [1.82, 2.24) is 9.97 Å². The van der Waals surface area contributed by atoms with Gasteiger partial charge in [-0.3, -0.25) is 14.9 Å². The van der Waals surface area contributed by atoms with E-state index >= 15 is 0 Å². The van der Waals surface area contributed by atoms with Crippen molar-refractivity contribution in [2.24, 2.45) is 0 Å². The number of thiophene rings is 1. The van der Waals surface area contributed by atoms with Gasteiger partial charge in [-0.15, -0.1) is 11.3 Å². The lowest BCUT2D eigenvalue weighted by Crippen LogP contribution is -2.11. The van der Waals surface area contributed by atoms with Crippen LogP contribution in [0.15, 0.2) is 23.0 Å². The maximum atomic E-state index is 12.4. The van der Waals surface area contributed by atoms with Gasteiger partial charge in [0.1, 0.15) is 16.6 Å². The minimum absolute atomic E-state index is 0.0718. The molecule has 0 saturated carbocycles. The maximum absolute atomic E-state index is 12.4. The summed E-state index contributed by atoms with van der Waals surface area (Å²) in [6.45, 7) is 3.77. The molecular weight excluding hydrogens is 378 g/mol. The highest BCUT2D eigenvalue weighted by atomic mass is 32.1. The molecule has 0 aliphatic carbocycles. The summed E-state index contributed by atoms with van der Waals surface area (Å²) in [6, 6.07) is 6.70. The molecule has 1 aromatic carbocycles. The summed E-state index contributed by atoms with van der Waals surface area (Å²) in [5.41, 5.74) is 1.54. The van der Waals surface area contributed by atoms with Gasteiger partial charge in [0.25, 0.3) is 11.2 Å². The fraction of sp³-hybridized carbons (Fsp3) is 0.211. The second-order valence-electron chi connectivity index (χ2n) is 6.45. The first kappa shape index (κ1) is 19.3. The Morgan fingerprint density at radius 1 is 1.39 bits per heavy atom. The summed E-state index contributed by atoms with van der Waals surface area (Å²) in [5.74, 6) is 0.139. The van der Waals surface area contributed by atoms with Crippen molar-refractivity contribution in [2.45, 2.75) is 13.8 Å². The van der Waals surface area contributed by atoms with Crippen molar-refractivity contribution in [3.8, 4) is 6.07 Å². The van der Waals surface area contributed by atoms with Crippen LogP contribution in [0.5, 0.6) is 0 Å². The monoisotopic (exact) mass is 395 g/mol. The van der Waals surface area contributed by atoms with Crippen molar-refractivity contribution in [3.05, 3.63) is 60.5 Å². The minimum Gasteiger partial charge on any atom is -0.372 e. The molecule has 142 valence electrons. The van der Waals surface area contributed by atoms with Crippen LogP contribution in [0.25, 0.3) is 21.9 Å². The normalized spacial score (nSPS) is 11.5. The Morgan fingerprint density at radius 3 is 2.71 bits per heavy atom. The van der Waals surface area contributed by atoms with Crippen molar-refractivity contribution in [3.63, 3.8) is 0 Å². The number of nitro benzene ring substituents is 1. The van der Waals surface area contributed by atoms with Gasteiger partial charge in [-0.2, -0.15) is 5.26 Å². The van der Waals surface area contributed by atoms with Crippen LogP contribution in [-0.4, -0.2) is 29.0 Å². The molecule has 0 radical (unpaired) electrons. The summed E-state index contributed by atoms with van der Waals surface area (Å²) in [6.07, 6.45) is 1.48. The molecule has 0 aliphatic heterocycles. The van der Waals surface area contributed by atoms with E-state index in [1.165, 1.54) is 23.5 Å². The van der Waals surface area contributed by atoms with Crippen LogP contribution >= 0.6 is 11.3 Å². The van der Waals surface area contributed by atoms with E-state index in [1.807, 2.05) is 19.9 Å². The molecule has 0 fully saturated rings. The van der Waals surface area contributed by atoms with Crippen LogP contribution in [0.1, 0.15) is 21.8 Å². The number of hydrogen-bond donors (Lipinski definition) is 1. The molecule has 3 rings (SSSR count). The zero-order chi connectivity index (χ0) is 20.6. The van der Waals surface area contributed by atoms with E-state index < -0.39 is 4.92 Å². The van der Waals surface area contributed by atoms with Gasteiger partial charge < -0.3 is 9.88 Å². The number of fused-ring (bicyclic) bond motifs is 1. The highest BCUT2D eigenvalue weighted by molar-refractivity contribution is 7.18. The third-order valence-corrected chi connectivity index (χ3v) is 5.50. The number of aromatic amines is 1. The number of nitrogens with one attached hydrogen (secondary N) is 1. The quantitative estimate of drug-likeness (QED) is 0.409. The molecule has 28 heavy (non-hydrogen) atoms. The Hall–Kier alpha value is -3.51. The highest BCUT2D eigenvalue weighted by Gasteiger charge is 2.17. The van der Waals surface area contributed by atoms with Gasteiger partial charge in [0, 0.05) is 25.0 Å². The molecule has 2 aromatic heterocycles. The number of nitrogens with zero attached hydrogens (tertiary/aromatic N) is 4. The van der Waals surface area contributed by atoms with Crippen LogP contribution in [0.4, 0.5) is 11.4 Å². The topological polar surface area (TPSA) is 116 Å². The number of allylic oxidation sites excluding steroid dienone is 1. The lowest BCUT2D eigenvalue weighted by Gasteiger charge is -2.12. The fourth-order valence-electron chi connectivity index (χ4n) is 2.86. The first-order valence-corrected chi connectivity index (χ1v) is 9.12. The molecule has 2 heterocycles. The summed E-state index contributed by atoms with van der Waals surface area (Å²) in [5, 5.41) is 21.5. The Kier molecular flexibility index (Phi) is 4.98. The zero-order valence-corrected chi connectivity index (χ0v) is 16.5. The summed E-state index contributed by atoms with van der Waals surface area (Å²) >= 11 is 1.39. The number of rotatable bonds is 4. The number of benzene rings is 1. The second-order valence-corrected chi connectivity index (χ2v) is 7.65. The maximum Gasteiger partial charge on any atom is 0.293 e. The van der Waals surface area contributed by atoms with Gasteiger partial charge in [-0.25, -0.2) is 4.98 Å². The van der Waals surface area contributed by atoms with E-state index in [0.29, 0.717) is 21.5 Å². The van der Waals surface area contributed by atoms with E-state index in [-0.39, 0.29) is 22.6 Å². The second kappa shape index (κ2) is 7.25. The lowest BCUT2D eigenvalue weighted by atomic mass is 10.1. The van der Waals surface area contributed by atoms with E-state index in [1.54, 1.807) is 31.1 Å². The standard InChI is InChI=1S/C19H17N5O3S/c1-10-11(2)28-19-16(10)18(25)21-17(22-19)13(9-20)7-12-5-6-14(23(3)4)15(8-12)24(26)27/h5-8H,1-4H3,(H,21,22,25)/b13-7+. The van der Waals surface area contributed by atoms with Crippen molar-refractivity contribution in [1.29, 1.82) is 5.26 Å². The van der Waals surface area contributed by atoms with E-state index in [9.17, 15) is 20.2 Å². The van der Waals surface area contributed by atoms with E-state index in [0.717, 1.165) is 10.4 Å². The molecule has 0 aliphatic rings. The van der Waals surface area contributed by atoms with Crippen LogP contribution in [0, 0.1) is 35.3 Å². The number of nitriles is 1. The number of aromatic nitrogens is 2. The van der Waals surface area contributed by atoms with Crippen LogP contribution < -0.4 is 10.5 Å². The van der Waals surface area contributed by atoms with Gasteiger partial charge in [0.05, 0.1) is 15.9 Å². The minimum atomic E-state index is -0.470. The Labute approximate surface area is 164 Å². The zero-order valence-electron chi connectivity index (χ0n) is 15.7. The average Bonchev–Trinajstić information content (AvgIpc) is 2.93. The Bertz CT molecular complexity index is 1230. The first-order chi connectivity index (χ1) is 13.2. The Balaban J connectivity index is 2.14. The van der Waals surface area contributed by atoms with Crippen LogP contribution in [-0.2, 0) is 0 Å². The van der Waals surface area contributed by atoms with Crippen molar-refractivity contribution in [2.75, 3.05) is 19.0 Å². The molecule has 9 heteroatoms. The molecule has 0 amide bonds. The number of nitro groups is 1. The predicted octanol–water partition coefficient (Wildman–Crippen LogP) is 3.64. The number of H-pyrrole nitrogens is 1. The molecule has 0 spiro atoms. The average molecular weight is 395 g/mol. The van der Waals surface area contributed by atoms with Crippen molar-refractivity contribution < 1.29 is 4.92 Å². The van der Waals surface area contributed by atoms with Gasteiger partial charge in [-0.1, -0.05) is 6.07 Å². The van der Waals surface area contributed by atoms with Crippen molar-refractivity contribution >= 4 is 44.6 Å². The van der Waals surface area contributed by atoms with Gasteiger partial charge in [0.2, 0.25) is 0 Å². The molecular formula is C19H17N5O3S. The largest absolute Gasteiger partial charge is 0.372 e. The Morgan fingerprint density at radius 2 is 2.11 bits per heavy atom. The van der Waals surface area contributed by atoms with Gasteiger partial charge in [-0.05, 0) is 37.1 Å². The predicted molar refractivity (Wildman–Crippen MR) is 111 cm³/mol. The molecule has 8 nitrogen and oxygen atoms in total. The molecule has 0 saturated heterocycles. The number of aryl methyl sites for hydroxylation is 2. The van der Waals surface area contributed by atoms with Crippen LogP contribution in [0.2, 0.25) is 0 Å². The van der Waals surface area contributed by atoms with Gasteiger partial charge >= 0.3 is 0 Å². The summed E-state index contributed by atoms with van der Waals surface area (Å²) in [7, 11) is 3.43. The fourth-order valence-corrected chi connectivity index (χ4v) is 3.89. The molecule has 0 unspecified atom stereocenters. The molecule has 0 atom stereocenters. The third kappa shape index (κ3) is 3.37. The first-order valence-electron chi connectivity index (χ1n) is 8.31. The SMILES string of the molecule is Cc1sc2nc(/C(C#N)=C/c3ccc(N(C)C)c([N+](=O)[O-])c3)[nH]c(=O)c2c1C. The lowest BCUT2D eigenvalue weighted by molar-refractivity contribution is -0.384. The van der Waals surface area contributed by atoms with E-state index in [4.69, 9.17) is 0 Å². The molecule has 3 aromatic rings. The van der Waals surface area contributed by atoms with Crippen LogP contribution in [0.3, 0.4) is 0 Å². The third-order valence-electron chi connectivity index (χ3n) is 4.40. The summed E-state index contributed by atoms with van der Waals surface area (Å²) in [4.78, 5) is 33.6. The molecule has 0 bridgehead atoms.